The smallest absolute Gasteiger partial charge is 0.338 e. The van der Waals surface area contributed by atoms with Crippen molar-refractivity contribution in [3.05, 3.63) is 215 Å². The number of hydrogen-bond donors (Lipinski definition) is 0. The molecule has 113 heavy (non-hydrogen) atoms. The minimum atomic E-state index is -1.99. The molecule has 20 atom stereocenters. The molecule has 0 spiro atoms. The molecular weight excluding hydrogens is 1500 g/mol. The molecule has 4 aliphatic heterocycles. The molecule has 0 N–H and O–H groups in total. The van der Waals surface area contributed by atoms with Gasteiger partial charge in [0.15, 0.2) is 67.7 Å². The second kappa shape index (κ2) is 42.2. The minimum Gasteiger partial charge on any atom is -0.463 e. The number of benzene rings is 6. The van der Waals surface area contributed by atoms with Crippen molar-refractivity contribution in [2.75, 3.05) is 32.2 Å². The highest BCUT2D eigenvalue weighted by molar-refractivity contribution is 7.99. The summed E-state index contributed by atoms with van der Waals surface area (Å²) in [6, 6.07) is 51.6. The molecule has 4 aliphatic rings. The first-order valence-electron chi connectivity index (χ1n) is 36.5. The summed E-state index contributed by atoms with van der Waals surface area (Å²) in [5.74, 6) is -8.81. The van der Waals surface area contributed by atoms with Crippen molar-refractivity contribution in [1.82, 2.24) is 0 Å². The fourth-order valence-electron chi connectivity index (χ4n) is 13.0. The van der Waals surface area contributed by atoms with Crippen LogP contribution in [0.3, 0.4) is 0 Å². The highest BCUT2D eigenvalue weighted by Crippen LogP contribution is 2.40. The number of ether oxygens (including phenoxy) is 20. The van der Waals surface area contributed by atoms with Gasteiger partial charge in [0.1, 0.15) is 67.5 Å². The zero-order valence-electron chi connectivity index (χ0n) is 63.2. The van der Waals surface area contributed by atoms with Crippen molar-refractivity contribution in [2.24, 2.45) is 0 Å². The van der Waals surface area contributed by atoms with Crippen LogP contribution >= 0.6 is 11.8 Å². The Morgan fingerprint density at radius 3 is 1.00 bits per heavy atom. The Balaban J connectivity index is 1.07. The Hall–Kier alpha value is -10.0. The van der Waals surface area contributed by atoms with Crippen LogP contribution in [0.25, 0.3) is 0 Å². The van der Waals surface area contributed by atoms with E-state index in [2.05, 4.69) is 0 Å². The van der Waals surface area contributed by atoms with Crippen LogP contribution in [0, 0.1) is 0 Å². The first-order chi connectivity index (χ1) is 54.5. The van der Waals surface area contributed by atoms with Gasteiger partial charge in [-0.2, -0.15) is 0 Å². The van der Waals surface area contributed by atoms with Crippen LogP contribution < -0.4 is 0 Å². The van der Waals surface area contributed by atoms with E-state index in [1.807, 2.05) is 97.9 Å². The van der Waals surface area contributed by atoms with Gasteiger partial charge in [0.25, 0.3) is 0 Å². The highest BCUT2D eigenvalue weighted by atomic mass is 32.2. The molecule has 30 nitrogen and oxygen atoms in total. The zero-order valence-corrected chi connectivity index (χ0v) is 64.0. The van der Waals surface area contributed by atoms with Crippen molar-refractivity contribution in [2.45, 2.75) is 197 Å². The molecule has 604 valence electrons. The SMILES string of the molecule is CCS[C@@H]1O[C@H](CO[C@H]2O[C@H](CO[C@@H]3O[C@H](COC(C)=O)[C@@H](O[C@@H]4O[C@H](COC(C)=O)[C@H](OC(C)=O)[C@H](OC(C)=O)[C@H]4OC(C)=O)[C@H](OC(C)=O)[C@H]3OC(C)=O)[C@@H](OCc3ccccc3)[C@H](OCc3ccccc3)[C@H]2OCc2ccccc2)[C@H](OC(=O)c2ccccc2)[C@H](OC(=O)c2ccccc2)[C@H]1OC(=O)c1ccccc1. The number of carbonyl (C=O) groups is 10. The van der Waals surface area contributed by atoms with Crippen LogP contribution in [0.5, 0.6) is 0 Å². The molecular formula is C82H90O30S. The van der Waals surface area contributed by atoms with E-state index in [9.17, 15) is 47.9 Å². The van der Waals surface area contributed by atoms with E-state index in [1.54, 1.807) is 66.7 Å². The summed E-state index contributed by atoms with van der Waals surface area (Å²) in [6.45, 7) is 6.14. The molecule has 0 saturated carbocycles. The molecule has 0 bridgehead atoms. The third-order valence-electron chi connectivity index (χ3n) is 17.9. The normalized spacial score (nSPS) is 27.3. The van der Waals surface area contributed by atoms with E-state index in [0.29, 0.717) is 22.4 Å². The van der Waals surface area contributed by atoms with Gasteiger partial charge in [0.2, 0.25) is 0 Å². The summed E-state index contributed by atoms with van der Waals surface area (Å²) in [4.78, 5) is 135. The van der Waals surface area contributed by atoms with Crippen LogP contribution in [-0.4, -0.2) is 214 Å². The van der Waals surface area contributed by atoms with Gasteiger partial charge >= 0.3 is 59.7 Å². The Labute approximate surface area is 655 Å². The van der Waals surface area contributed by atoms with Crippen molar-refractivity contribution in [3.8, 4) is 0 Å². The molecule has 4 saturated heterocycles. The van der Waals surface area contributed by atoms with Crippen molar-refractivity contribution in [3.63, 3.8) is 0 Å². The van der Waals surface area contributed by atoms with Gasteiger partial charge in [0.05, 0.1) is 49.7 Å². The summed E-state index contributed by atoms with van der Waals surface area (Å²) in [7, 11) is 0. The zero-order chi connectivity index (χ0) is 80.5. The second-order valence-corrected chi connectivity index (χ2v) is 27.7. The molecule has 4 heterocycles. The quantitative estimate of drug-likeness (QED) is 0.0271. The van der Waals surface area contributed by atoms with E-state index >= 15 is 0 Å². The van der Waals surface area contributed by atoms with Gasteiger partial charge < -0.3 is 94.7 Å². The Morgan fingerprint density at radius 2 is 0.584 bits per heavy atom. The van der Waals surface area contributed by atoms with E-state index < -0.39 is 208 Å². The third kappa shape index (κ3) is 24.5. The molecule has 6 aromatic carbocycles. The van der Waals surface area contributed by atoms with Crippen molar-refractivity contribution >= 4 is 71.5 Å². The van der Waals surface area contributed by atoms with Gasteiger partial charge in [-0.05, 0) is 58.8 Å². The van der Waals surface area contributed by atoms with Gasteiger partial charge in [-0.25, -0.2) is 14.4 Å². The van der Waals surface area contributed by atoms with Crippen LogP contribution in [0.1, 0.15) is 103 Å². The fourth-order valence-corrected chi connectivity index (χ4v) is 14.0. The molecule has 0 unspecified atom stereocenters. The predicted octanol–water partition coefficient (Wildman–Crippen LogP) is 8.28. The summed E-state index contributed by atoms with van der Waals surface area (Å²) >= 11 is 1.20. The van der Waals surface area contributed by atoms with Crippen LogP contribution in [0.4, 0.5) is 0 Å². The largest absolute Gasteiger partial charge is 0.463 e. The van der Waals surface area contributed by atoms with Gasteiger partial charge in [-0.1, -0.05) is 153 Å². The second-order valence-electron chi connectivity index (χ2n) is 26.4. The number of hydrogen-bond acceptors (Lipinski definition) is 31. The molecule has 0 amide bonds. The Kier molecular flexibility index (Phi) is 31.9. The first kappa shape index (κ1) is 85.4. The van der Waals surface area contributed by atoms with E-state index in [-0.39, 0.29) is 36.5 Å². The summed E-state index contributed by atoms with van der Waals surface area (Å²) < 4.78 is 128. The molecule has 0 aromatic heterocycles. The van der Waals surface area contributed by atoms with E-state index in [0.717, 1.165) is 48.5 Å². The average Bonchev–Trinajstić information content (AvgIpc) is 0.769. The average molecular weight is 1590 g/mol. The summed E-state index contributed by atoms with van der Waals surface area (Å²) in [5, 5.41) is 0. The van der Waals surface area contributed by atoms with Crippen LogP contribution in [-0.2, 0) is 148 Å². The molecule has 0 radical (unpaired) electrons. The standard InChI is InChI=1S/C82H90O30S/c1-9-113-82-75(111-78(92)59-38-26-15-27-39-59)71(110-77(91)58-36-24-14-25-37-58)66(109-76(90)57-34-22-13-23-35-57)63(108-82)46-98-79-72(97-42-56-32-20-12-21-33-56)68(96-41-55-30-18-11-19-31-55)64(95-40-54-28-16-10-17-29-54)60(105-79)45-99-80-73(103-52(7)88)70(102-51(6)87)67(62(106-80)44-94-48(3)84)112-81-74(104-53(8)89)69(101-50(5)86)65(100-49(4)85)61(107-81)43-93-47(2)83/h10-39,60-75,79-82H,9,40-46H2,1-8H3/t60-,61-,62-,63-,64-,65+,66+,67-,68+,69+,70+,71+,72-,73-,74-,75-,79+,80-,81+,82+/m1/s1. The lowest BCUT2D eigenvalue weighted by atomic mass is 9.95. The number of esters is 10. The lowest BCUT2D eigenvalue weighted by molar-refractivity contribution is -0.369. The van der Waals surface area contributed by atoms with Crippen molar-refractivity contribution < 1.29 is 143 Å². The lowest BCUT2D eigenvalue weighted by Gasteiger charge is -2.49. The van der Waals surface area contributed by atoms with Crippen LogP contribution in [0.2, 0.25) is 0 Å². The maximum atomic E-state index is 14.7. The summed E-state index contributed by atoms with van der Waals surface area (Å²) in [6.07, 6.45) is -31.1. The minimum absolute atomic E-state index is 0.0813. The number of rotatable bonds is 34. The molecule has 0 aliphatic carbocycles. The maximum Gasteiger partial charge on any atom is 0.338 e. The van der Waals surface area contributed by atoms with Crippen molar-refractivity contribution in [1.29, 1.82) is 0 Å². The predicted molar refractivity (Wildman–Crippen MR) is 393 cm³/mol. The number of thioether (sulfide) groups is 1. The van der Waals surface area contributed by atoms with E-state index in [1.165, 1.54) is 36.0 Å². The number of carbonyl (C=O) groups excluding carboxylic acids is 10. The maximum absolute atomic E-state index is 14.7. The third-order valence-corrected chi connectivity index (χ3v) is 18.9. The first-order valence-corrected chi connectivity index (χ1v) is 37.5. The topological polar surface area (TPSA) is 355 Å². The monoisotopic (exact) mass is 1590 g/mol. The highest BCUT2D eigenvalue weighted by Gasteiger charge is 2.60. The fraction of sp³-hybridized carbons (Fsp3) is 0.439. The van der Waals surface area contributed by atoms with E-state index in [4.69, 9.17) is 94.7 Å². The Morgan fingerprint density at radius 1 is 0.283 bits per heavy atom. The van der Waals surface area contributed by atoms with Gasteiger partial charge in [-0.15, -0.1) is 11.8 Å². The van der Waals surface area contributed by atoms with Gasteiger partial charge in [-0.3, -0.25) is 33.6 Å². The molecule has 4 fully saturated rings. The molecule has 31 heteroatoms. The van der Waals surface area contributed by atoms with Gasteiger partial charge in [0, 0.05) is 48.5 Å². The molecule has 6 aromatic rings. The lowest BCUT2D eigenvalue weighted by Crippen LogP contribution is -2.67. The Bertz CT molecular complexity index is 4090. The summed E-state index contributed by atoms with van der Waals surface area (Å²) in [5.41, 5.74) is 1.30. The molecule has 10 rings (SSSR count). The van der Waals surface area contributed by atoms with Crippen LogP contribution in [0.15, 0.2) is 182 Å².